The van der Waals surface area contributed by atoms with E-state index >= 15 is 0 Å². The van der Waals surface area contributed by atoms with E-state index in [-0.39, 0.29) is 17.9 Å². The zero-order chi connectivity index (χ0) is 17.6. The van der Waals surface area contributed by atoms with Crippen molar-refractivity contribution in [2.45, 2.75) is 36.8 Å². The van der Waals surface area contributed by atoms with Crippen LogP contribution in [0.25, 0.3) is 0 Å². The summed E-state index contributed by atoms with van der Waals surface area (Å²) in [5, 5.41) is 6.58. The molecule has 0 bridgehead atoms. The second-order valence-corrected chi connectivity index (χ2v) is 6.81. The van der Waals surface area contributed by atoms with Crippen molar-refractivity contribution in [2.75, 3.05) is 11.6 Å². The fourth-order valence-corrected chi connectivity index (χ4v) is 3.59. The van der Waals surface area contributed by atoms with Crippen LogP contribution in [-0.4, -0.2) is 29.1 Å². The van der Waals surface area contributed by atoms with Crippen molar-refractivity contribution in [1.82, 2.24) is 10.3 Å². The number of rotatable bonds is 5. The highest BCUT2D eigenvalue weighted by molar-refractivity contribution is 7.98. The van der Waals surface area contributed by atoms with E-state index in [0.717, 1.165) is 25.7 Å². The fourth-order valence-electron chi connectivity index (χ4n) is 3.04. The van der Waals surface area contributed by atoms with Crippen molar-refractivity contribution in [2.24, 2.45) is 0 Å². The van der Waals surface area contributed by atoms with Gasteiger partial charge in [-0.25, -0.2) is 4.98 Å². The van der Waals surface area contributed by atoms with E-state index < -0.39 is 0 Å². The molecule has 25 heavy (non-hydrogen) atoms. The van der Waals surface area contributed by atoms with Crippen LogP contribution in [0.15, 0.2) is 47.6 Å². The van der Waals surface area contributed by atoms with Crippen molar-refractivity contribution in [3.05, 3.63) is 53.7 Å². The van der Waals surface area contributed by atoms with E-state index in [1.54, 1.807) is 42.6 Å². The Balaban J connectivity index is 1.78. The van der Waals surface area contributed by atoms with Gasteiger partial charge in [0.1, 0.15) is 5.03 Å². The Morgan fingerprint density at radius 3 is 2.52 bits per heavy atom. The van der Waals surface area contributed by atoms with Gasteiger partial charge in [-0.05, 0) is 43.4 Å². The number of carbonyl (C=O) groups is 2. The predicted molar refractivity (Wildman–Crippen MR) is 100 cm³/mol. The van der Waals surface area contributed by atoms with E-state index in [4.69, 9.17) is 0 Å². The van der Waals surface area contributed by atoms with Crippen LogP contribution in [-0.2, 0) is 0 Å². The molecule has 1 saturated carbocycles. The third-order valence-corrected chi connectivity index (χ3v) is 5.03. The number of thioether (sulfide) groups is 1. The maximum Gasteiger partial charge on any atom is 0.258 e. The lowest BCUT2D eigenvalue weighted by Gasteiger charge is -2.15. The highest BCUT2D eigenvalue weighted by atomic mass is 32.2. The van der Waals surface area contributed by atoms with Gasteiger partial charge in [-0.3, -0.25) is 9.59 Å². The lowest BCUT2D eigenvalue weighted by molar-refractivity contribution is 0.0939. The van der Waals surface area contributed by atoms with Gasteiger partial charge < -0.3 is 10.6 Å². The highest BCUT2D eigenvalue weighted by Crippen LogP contribution is 2.22. The normalized spacial score (nSPS) is 14.3. The minimum absolute atomic E-state index is 0.140. The van der Waals surface area contributed by atoms with E-state index in [9.17, 15) is 9.59 Å². The molecule has 0 unspecified atom stereocenters. The molecule has 1 aliphatic rings. The molecule has 0 radical (unpaired) electrons. The van der Waals surface area contributed by atoms with Gasteiger partial charge in [0.25, 0.3) is 11.8 Å². The molecule has 0 saturated heterocycles. The van der Waals surface area contributed by atoms with Gasteiger partial charge in [-0.2, -0.15) is 0 Å². The molecule has 130 valence electrons. The summed E-state index contributed by atoms with van der Waals surface area (Å²) in [5.74, 6) is -0.405. The Kier molecular flexibility index (Phi) is 5.71. The van der Waals surface area contributed by atoms with Crippen LogP contribution in [0.3, 0.4) is 0 Å². The van der Waals surface area contributed by atoms with Crippen LogP contribution in [0.2, 0.25) is 0 Å². The molecule has 1 aliphatic carbocycles. The van der Waals surface area contributed by atoms with Gasteiger partial charge in [0.15, 0.2) is 0 Å². The molecule has 1 aromatic carbocycles. The van der Waals surface area contributed by atoms with Gasteiger partial charge in [0.05, 0.1) is 16.8 Å². The minimum atomic E-state index is -0.265. The van der Waals surface area contributed by atoms with Crippen LogP contribution < -0.4 is 10.6 Å². The zero-order valence-corrected chi connectivity index (χ0v) is 14.9. The number of pyridine rings is 1. The molecule has 1 heterocycles. The number of hydrogen-bond donors (Lipinski definition) is 2. The third-order valence-electron chi connectivity index (χ3n) is 4.32. The Morgan fingerprint density at radius 1 is 1.04 bits per heavy atom. The van der Waals surface area contributed by atoms with E-state index in [1.165, 1.54) is 11.8 Å². The SMILES string of the molecule is CSc1ncccc1C(=O)Nc1ccccc1C(=O)NC1CCCC1. The highest BCUT2D eigenvalue weighted by Gasteiger charge is 2.20. The number of carbonyl (C=O) groups excluding carboxylic acids is 2. The molecule has 2 N–H and O–H groups in total. The molecule has 1 aromatic heterocycles. The van der Waals surface area contributed by atoms with Crippen LogP contribution >= 0.6 is 11.8 Å². The van der Waals surface area contributed by atoms with E-state index in [2.05, 4.69) is 15.6 Å². The molecule has 6 heteroatoms. The van der Waals surface area contributed by atoms with Gasteiger partial charge in [0, 0.05) is 12.2 Å². The number of para-hydroxylation sites is 1. The number of nitrogens with zero attached hydrogens (tertiary/aromatic N) is 1. The topological polar surface area (TPSA) is 71.1 Å². The largest absolute Gasteiger partial charge is 0.349 e. The molecular formula is C19H21N3O2S. The second kappa shape index (κ2) is 8.16. The Bertz CT molecular complexity index is 773. The Labute approximate surface area is 151 Å². The van der Waals surface area contributed by atoms with Gasteiger partial charge in [-0.15, -0.1) is 11.8 Å². The summed E-state index contributed by atoms with van der Waals surface area (Å²) in [6.07, 6.45) is 7.89. The number of aromatic nitrogens is 1. The third kappa shape index (κ3) is 4.20. The van der Waals surface area contributed by atoms with E-state index in [1.807, 2.05) is 6.26 Å². The molecule has 5 nitrogen and oxygen atoms in total. The van der Waals surface area contributed by atoms with Crippen LogP contribution in [0.4, 0.5) is 5.69 Å². The van der Waals surface area contributed by atoms with Crippen molar-refractivity contribution >= 4 is 29.3 Å². The first-order valence-corrected chi connectivity index (χ1v) is 9.62. The smallest absolute Gasteiger partial charge is 0.258 e. The van der Waals surface area contributed by atoms with Crippen LogP contribution in [0.1, 0.15) is 46.4 Å². The first kappa shape index (κ1) is 17.5. The maximum atomic E-state index is 12.6. The average Bonchev–Trinajstić information content (AvgIpc) is 3.15. The number of amides is 2. The van der Waals surface area contributed by atoms with Crippen LogP contribution in [0, 0.1) is 0 Å². The van der Waals surface area contributed by atoms with Gasteiger partial charge in [0.2, 0.25) is 0 Å². The van der Waals surface area contributed by atoms with E-state index in [0.29, 0.717) is 21.8 Å². The molecule has 3 rings (SSSR count). The Hall–Kier alpha value is -2.34. The Morgan fingerprint density at radius 2 is 1.76 bits per heavy atom. The number of benzene rings is 1. The fraction of sp³-hybridized carbons (Fsp3) is 0.316. The molecular weight excluding hydrogens is 334 g/mol. The molecule has 2 aromatic rings. The lowest BCUT2D eigenvalue weighted by Crippen LogP contribution is -2.33. The minimum Gasteiger partial charge on any atom is -0.349 e. The van der Waals surface area contributed by atoms with Gasteiger partial charge in [-0.1, -0.05) is 25.0 Å². The summed E-state index contributed by atoms with van der Waals surface area (Å²) in [7, 11) is 0. The molecule has 0 atom stereocenters. The van der Waals surface area contributed by atoms with Crippen molar-refractivity contribution in [3.8, 4) is 0 Å². The number of nitrogens with one attached hydrogen (secondary N) is 2. The maximum absolute atomic E-state index is 12.6. The molecule has 2 amide bonds. The van der Waals surface area contributed by atoms with Crippen LogP contribution in [0.5, 0.6) is 0 Å². The summed E-state index contributed by atoms with van der Waals surface area (Å²) in [4.78, 5) is 29.4. The predicted octanol–water partition coefficient (Wildman–Crippen LogP) is 3.73. The van der Waals surface area contributed by atoms with Crippen molar-refractivity contribution in [1.29, 1.82) is 0 Å². The quantitative estimate of drug-likeness (QED) is 0.802. The zero-order valence-electron chi connectivity index (χ0n) is 14.1. The second-order valence-electron chi connectivity index (χ2n) is 6.01. The first-order chi connectivity index (χ1) is 12.2. The molecule has 0 aliphatic heterocycles. The summed E-state index contributed by atoms with van der Waals surface area (Å²) in [5.41, 5.74) is 1.50. The number of anilines is 1. The molecule has 1 fully saturated rings. The average molecular weight is 355 g/mol. The van der Waals surface area contributed by atoms with Crippen molar-refractivity contribution < 1.29 is 9.59 Å². The number of hydrogen-bond acceptors (Lipinski definition) is 4. The monoisotopic (exact) mass is 355 g/mol. The summed E-state index contributed by atoms with van der Waals surface area (Å²) in [6, 6.07) is 10.8. The first-order valence-electron chi connectivity index (χ1n) is 8.39. The summed E-state index contributed by atoms with van der Waals surface area (Å²) < 4.78 is 0. The van der Waals surface area contributed by atoms with Gasteiger partial charge >= 0.3 is 0 Å². The summed E-state index contributed by atoms with van der Waals surface area (Å²) in [6.45, 7) is 0. The lowest BCUT2D eigenvalue weighted by atomic mass is 10.1. The molecule has 0 spiro atoms. The standard InChI is InChI=1S/C19H21N3O2S/c1-25-19-15(10-6-12-20-19)18(24)22-16-11-5-4-9-14(16)17(23)21-13-7-2-3-8-13/h4-6,9-13H,2-3,7-8H2,1H3,(H,21,23)(H,22,24). The van der Waals surface area contributed by atoms with Crippen molar-refractivity contribution in [3.63, 3.8) is 0 Å². The summed E-state index contributed by atoms with van der Waals surface area (Å²) >= 11 is 1.41.